The standard InChI is InChI=1S/C54H76N6O14P2S2/c1-5-73-49(65)34-55-51(67)43(59-47(63)30-28-41(53(69)71-3)57-45(61)26-16-18-32-75)36-77-78-37-44(52(68)56-35-50(66)74-6-2)60-48(64)31-29-42(54(70)72-4)58-46(62)27-17-19-33-76(38-20-10-7-11-21-38,39-22-12-8-13-23-39)40-24-14-9-15-25-40/h7-15,20-25,41-44,76H,5-6,16-19,26-37,75H2,1-4H3,(H,55,67)(H,56,68)(H,57,61)(H,58,62)(H,59,63)(H,60,64). The fourth-order valence-corrected chi connectivity index (χ4v) is 15.7. The average Bonchev–Trinajstić information content (AvgIpc) is 3.45. The molecule has 24 heteroatoms. The van der Waals surface area contributed by atoms with E-state index in [-0.39, 0.29) is 69.2 Å². The van der Waals surface area contributed by atoms with Crippen molar-refractivity contribution in [3.8, 4) is 0 Å². The number of hydrogen-bond donors (Lipinski definition) is 6. The van der Waals surface area contributed by atoms with Crippen molar-refractivity contribution in [3.05, 3.63) is 91.0 Å². The van der Waals surface area contributed by atoms with Crippen molar-refractivity contribution in [1.82, 2.24) is 31.9 Å². The van der Waals surface area contributed by atoms with Gasteiger partial charge in [-0.05, 0) is 39.3 Å². The van der Waals surface area contributed by atoms with Gasteiger partial charge in [-0.15, -0.1) is 9.24 Å². The third-order valence-electron chi connectivity index (χ3n) is 12.1. The number of esters is 4. The van der Waals surface area contributed by atoms with Crippen molar-refractivity contribution in [2.45, 2.75) is 102 Å². The van der Waals surface area contributed by atoms with Gasteiger partial charge in [-0.1, -0.05) is 21.6 Å². The third-order valence-corrected chi connectivity index (χ3v) is 20.0. The normalized spacial score (nSPS) is 12.7. The molecule has 5 unspecified atom stereocenters. The summed E-state index contributed by atoms with van der Waals surface area (Å²) in [5.41, 5.74) is 0. The quantitative estimate of drug-likeness (QED) is 0.0159. The molecule has 0 saturated heterocycles. The first-order chi connectivity index (χ1) is 37.6. The maximum atomic E-state index is 13.5. The van der Waals surface area contributed by atoms with Crippen molar-refractivity contribution < 1.29 is 66.9 Å². The van der Waals surface area contributed by atoms with E-state index in [9.17, 15) is 47.9 Å². The maximum Gasteiger partial charge on any atom is 0.328 e. The van der Waals surface area contributed by atoms with Gasteiger partial charge < -0.3 is 35.5 Å². The molecule has 0 heterocycles. The van der Waals surface area contributed by atoms with Crippen molar-refractivity contribution in [2.75, 3.05) is 64.4 Å². The summed E-state index contributed by atoms with van der Waals surface area (Å²) in [6.45, 7) is 2.31. The van der Waals surface area contributed by atoms with Gasteiger partial charge in [0.15, 0.2) is 0 Å². The minimum atomic E-state index is -2.54. The molecule has 428 valence electrons. The molecule has 0 aliphatic heterocycles. The van der Waals surface area contributed by atoms with Crippen LogP contribution in [0.2, 0.25) is 0 Å². The second-order valence-corrected chi connectivity index (χ2v) is 24.8. The second-order valence-electron chi connectivity index (χ2n) is 17.7. The van der Waals surface area contributed by atoms with E-state index in [0.717, 1.165) is 47.4 Å². The Kier molecular flexibility index (Phi) is 32.0. The first-order valence-corrected chi connectivity index (χ1v) is 31.4. The molecule has 78 heavy (non-hydrogen) atoms. The summed E-state index contributed by atoms with van der Waals surface area (Å²) < 4.78 is 19.6. The summed E-state index contributed by atoms with van der Waals surface area (Å²) in [5.74, 6) is -6.86. The minimum Gasteiger partial charge on any atom is -0.467 e. The van der Waals surface area contributed by atoms with Crippen LogP contribution in [0.3, 0.4) is 0 Å². The number of carbonyl (C=O) groups excluding carboxylic acids is 10. The molecule has 0 aromatic heterocycles. The van der Waals surface area contributed by atoms with Gasteiger partial charge in [0.05, 0.1) is 20.3 Å². The molecule has 0 aliphatic rings. The number of hydrogen-bond acceptors (Lipinski definition) is 16. The predicted molar refractivity (Wildman–Crippen MR) is 308 cm³/mol. The Morgan fingerprint density at radius 2 is 0.833 bits per heavy atom. The average molecular weight is 1160 g/mol. The van der Waals surface area contributed by atoms with Gasteiger partial charge in [0, 0.05) is 24.3 Å². The summed E-state index contributed by atoms with van der Waals surface area (Å²) in [4.78, 5) is 129. The van der Waals surface area contributed by atoms with Gasteiger partial charge in [0.25, 0.3) is 0 Å². The van der Waals surface area contributed by atoms with Gasteiger partial charge >= 0.3 is 237 Å². The van der Waals surface area contributed by atoms with Crippen LogP contribution in [0.4, 0.5) is 0 Å². The zero-order valence-corrected chi connectivity index (χ0v) is 48.6. The van der Waals surface area contributed by atoms with Crippen molar-refractivity contribution >= 4 is 113 Å². The van der Waals surface area contributed by atoms with Crippen LogP contribution in [0.25, 0.3) is 0 Å². The molecule has 0 saturated carbocycles. The number of unbranched alkanes of at least 4 members (excludes halogenated alkanes) is 2. The van der Waals surface area contributed by atoms with Gasteiger partial charge in [0.1, 0.15) is 25.2 Å². The van der Waals surface area contributed by atoms with Gasteiger partial charge in [0.2, 0.25) is 23.6 Å². The van der Waals surface area contributed by atoms with Crippen LogP contribution in [-0.4, -0.2) is 148 Å². The van der Waals surface area contributed by atoms with E-state index in [1.165, 1.54) is 23.0 Å². The SMILES string of the molecule is CCOC(=O)CNC(=O)C(CSSCC(NC(=O)CCC(NC(=O)CCCC[PH](c1ccccc1)(c1ccccc1)c1ccccc1)C(=O)OC)C(=O)NCC(=O)OCC)NC(=O)CCC(NC(=O)CCCCP)C(=O)OC. The Balaban J connectivity index is 1.67. The first kappa shape index (κ1) is 66.2. The topological polar surface area (TPSA) is 280 Å². The van der Waals surface area contributed by atoms with E-state index in [1.807, 2.05) is 54.6 Å². The first-order valence-electron chi connectivity index (χ1n) is 25.9. The number of carbonyl (C=O) groups is 10. The Morgan fingerprint density at radius 3 is 1.18 bits per heavy atom. The van der Waals surface area contributed by atoms with Crippen LogP contribution in [-0.2, 0) is 66.9 Å². The van der Waals surface area contributed by atoms with Crippen LogP contribution >= 0.6 is 38.1 Å². The maximum absolute atomic E-state index is 13.5. The molecule has 20 nitrogen and oxygen atoms in total. The number of ether oxygens (including phenoxy) is 4. The van der Waals surface area contributed by atoms with Crippen LogP contribution < -0.4 is 47.8 Å². The van der Waals surface area contributed by atoms with Crippen molar-refractivity contribution in [2.24, 2.45) is 0 Å². The van der Waals surface area contributed by atoms with Crippen molar-refractivity contribution in [1.29, 1.82) is 0 Å². The molecule has 6 amide bonds. The third kappa shape index (κ3) is 23.9. The Hall–Kier alpha value is -6.08. The molecule has 3 rings (SSSR count). The molecule has 3 aromatic carbocycles. The molecule has 0 bridgehead atoms. The molecular formula is C54H76N6O14P2S2. The summed E-state index contributed by atoms with van der Waals surface area (Å²) in [6, 6.07) is 26.4. The number of nitrogens with one attached hydrogen (secondary N) is 6. The molecule has 0 fully saturated rings. The van der Waals surface area contributed by atoms with E-state index in [4.69, 9.17) is 18.9 Å². The summed E-state index contributed by atoms with van der Waals surface area (Å²) >= 11 is 0. The molecule has 5 atom stereocenters. The summed E-state index contributed by atoms with van der Waals surface area (Å²) in [5, 5.41) is 19.1. The van der Waals surface area contributed by atoms with Gasteiger partial charge in [-0.25, -0.2) is 4.79 Å². The second kappa shape index (κ2) is 37.7. The molecule has 0 spiro atoms. The van der Waals surface area contributed by atoms with E-state index in [0.29, 0.717) is 19.3 Å². The number of benzene rings is 3. The zero-order chi connectivity index (χ0) is 57.1. The van der Waals surface area contributed by atoms with Crippen LogP contribution in [0.1, 0.15) is 78.1 Å². The van der Waals surface area contributed by atoms with Crippen molar-refractivity contribution in [3.63, 3.8) is 0 Å². The summed E-state index contributed by atoms with van der Waals surface area (Å²) in [6.07, 6.45) is 3.54. The Labute approximate surface area is 467 Å². The number of rotatable bonds is 37. The van der Waals surface area contributed by atoms with Crippen LogP contribution in [0.15, 0.2) is 91.0 Å². The van der Waals surface area contributed by atoms with Crippen LogP contribution in [0.5, 0.6) is 0 Å². The zero-order valence-electron chi connectivity index (χ0n) is 44.8. The van der Waals surface area contributed by atoms with E-state index < -0.39 is 97.9 Å². The monoisotopic (exact) mass is 1160 g/mol. The molecule has 0 aliphatic carbocycles. The van der Waals surface area contributed by atoms with E-state index >= 15 is 0 Å². The Bertz CT molecular complexity index is 2300. The summed E-state index contributed by atoms with van der Waals surface area (Å²) in [7, 11) is 4.41. The number of amides is 6. The van der Waals surface area contributed by atoms with E-state index in [2.05, 4.69) is 77.5 Å². The largest absolute Gasteiger partial charge is 0.467 e. The molecule has 3 aromatic rings. The van der Waals surface area contributed by atoms with Gasteiger partial charge in [-0.2, -0.15) is 0 Å². The molecular weight excluding hydrogens is 1080 g/mol. The fraction of sp³-hybridized carbons (Fsp3) is 0.481. The smallest absolute Gasteiger partial charge is 0.328 e. The molecule has 6 N–H and O–H groups in total. The number of methoxy groups -OCH3 is 2. The van der Waals surface area contributed by atoms with Crippen LogP contribution in [0, 0.1) is 0 Å². The molecule has 0 radical (unpaired) electrons. The van der Waals surface area contributed by atoms with E-state index in [1.54, 1.807) is 13.8 Å². The van der Waals surface area contributed by atoms with Gasteiger partial charge in [-0.3, -0.25) is 28.8 Å². The fourth-order valence-electron chi connectivity index (χ4n) is 8.19. The minimum absolute atomic E-state index is 0.0598. The predicted octanol–water partition coefficient (Wildman–Crippen LogP) is 2.51. The Morgan fingerprint density at radius 1 is 0.487 bits per heavy atom.